The molecule has 0 aromatic heterocycles. The lowest BCUT2D eigenvalue weighted by Crippen LogP contribution is -2.25. The van der Waals surface area contributed by atoms with Crippen LogP contribution in [0.4, 0.5) is 0 Å². The first-order valence-corrected chi connectivity index (χ1v) is 11.7. The van der Waals surface area contributed by atoms with E-state index >= 15 is 0 Å². The maximum atomic E-state index is 9.94. The summed E-state index contributed by atoms with van der Waals surface area (Å²) in [6.07, 6.45) is -1.43. The third-order valence-electron chi connectivity index (χ3n) is 4.96. The van der Waals surface area contributed by atoms with E-state index in [1.165, 1.54) is 0 Å². The molecule has 0 saturated heterocycles. The van der Waals surface area contributed by atoms with E-state index in [0.717, 1.165) is 11.1 Å². The van der Waals surface area contributed by atoms with Crippen molar-refractivity contribution < 1.29 is 24.4 Å². The maximum absolute atomic E-state index is 9.94. The van der Waals surface area contributed by atoms with Crippen molar-refractivity contribution in [2.24, 2.45) is 0 Å². The highest BCUT2D eigenvalue weighted by molar-refractivity contribution is 6.37. The number of halogens is 3. The zero-order valence-corrected chi connectivity index (χ0v) is 21.0. The predicted octanol–water partition coefficient (Wildman–Crippen LogP) is 5.46. The zero-order valence-electron chi connectivity index (χ0n) is 18.8. The van der Waals surface area contributed by atoms with Crippen molar-refractivity contribution in [3.63, 3.8) is 0 Å². The molecule has 2 N–H and O–H groups in total. The summed E-state index contributed by atoms with van der Waals surface area (Å²) in [6, 6.07) is 11.3. The topological polar surface area (TPSA) is 68.2 Å². The van der Waals surface area contributed by atoms with Gasteiger partial charge in [0.2, 0.25) is 0 Å². The Hall–Kier alpha value is -1.21. The van der Waals surface area contributed by atoms with Crippen LogP contribution >= 0.6 is 34.8 Å². The number of hydrogen-bond donors (Lipinski definition) is 2. The van der Waals surface area contributed by atoms with Gasteiger partial charge in [-0.1, -0.05) is 49.2 Å². The maximum Gasteiger partial charge on any atom is 0.156 e. The summed E-state index contributed by atoms with van der Waals surface area (Å²) in [4.78, 5) is 0. The molecule has 0 aliphatic carbocycles. The number of aliphatic hydroxyl groups is 2. The van der Waals surface area contributed by atoms with E-state index in [1.54, 1.807) is 0 Å². The average Bonchev–Trinajstić information content (AvgIpc) is 2.75. The quantitative estimate of drug-likeness (QED) is 0.375. The molecule has 2 atom stereocenters. The van der Waals surface area contributed by atoms with Gasteiger partial charge in [-0.3, -0.25) is 0 Å². The fourth-order valence-corrected chi connectivity index (χ4v) is 3.65. The summed E-state index contributed by atoms with van der Waals surface area (Å²) in [6.45, 7) is 8.36. The normalized spacial score (nSPS) is 13.8. The zero-order chi connectivity index (χ0) is 23.9. The fraction of sp³-hybridized carbons (Fsp3) is 0.500. The van der Waals surface area contributed by atoms with Gasteiger partial charge >= 0.3 is 0 Å². The van der Waals surface area contributed by atoms with Gasteiger partial charge in [0.1, 0.15) is 31.2 Å². The third-order valence-corrected chi connectivity index (χ3v) is 5.88. The number of ether oxygens (including phenoxy) is 3. The van der Waals surface area contributed by atoms with E-state index in [1.807, 2.05) is 50.2 Å². The molecule has 178 valence electrons. The van der Waals surface area contributed by atoms with Gasteiger partial charge in [0.25, 0.3) is 0 Å². The molecule has 0 bridgehead atoms. The first kappa shape index (κ1) is 27.0. The molecule has 5 nitrogen and oxygen atoms in total. The van der Waals surface area contributed by atoms with Crippen molar-refractivity contribution in [2.75, 3.05) is 25.7 Å². The van der Waals surface area contributed by atoms with Gasteiger partial charge in [-0.05, 0) is 49.2 Å². The molecule has 0 aliphatic rings. The molecule has 0 amide bonds. The highest BCUT2D eigenvalue weighted by atomic mass is 35.5. The summed E-state index contributed by atoms with van der Waals surface area (Å²) in [7, 11) is 0. The SMILES string of the molecule is CC(C)OCC(O)COc1ccc(C(C)(C)c2cc(Cl)c(OCC(O)CCl)c(Cl)c2)cc1. The van der Waals surface area contributed by atoms with E-state index in [-0.39, 0.29) is 31.8 Å². The van der Waals surface area contributed by atoms with Crippen LogP contribution in [0.25, 0.3) is 0 Å². The van der Waals surface area contributed by atoms with Gasteiger partial charge < -0.3 is 24.4 Å². The second-order valence-electron chi connectivity index (χ2n) is 8.38. The first-order valence-electron chi connectivity index (χ1n) is 10.4. The van der Waals surface area contributed by atoms with E-state index in [9.17, 15) is 10.2 Å². The third kappa shape index (κ3) is 7.68. The number of benzene rings is 2. The fourth-order valence-electron chi connectivity index (χ4n) is 2.96. The molecule has 0 aliphatic heterocycles. The van der Waals surface area contributed by atoms with Crippen molar-refractivity contribution >= 4 is 34.8 Å². The van der Waals surface area contributed by atoms with Crippen LogP contribution in [-0.4, -0.2) is 54.2 Å². The lowest BCUT2D eigenvalue weighted by atomic mass is 9.78. The molecule has 0 radical (unpaired) electrons. The number of aliphatic hydroxyl groups excluding tert-OH is 2. The van der Waals surface area contributed by atoms with Crippen LogP contribution < -0.4 is 9.47 Å². The Labute approximate surface area is 205 Å². The summed E-state index contributed by atoms with van der Waals surface area (Å²) in [5.41, 5.74) is 1.55. The number of hydrogen-bond acceptors (Lipinski definition) is 5. The van der Waals surface area contributed by atoms with Gasteiger partial charge in [-0.2, -0.15) is 0 Å². The van der Waals surface area contributed by atoms with E-state index < -0.39 is 17.6 Å². The Balaban J connectivity index is 2.09. The highest BCUT2D eigenvalue weighted by Crippen LogP contribution is 2.40. The molecule has 2 aromatic carbocycles. The Morgan fingerprint density at radius 2 is 1.41 bits per heavy atom. The molecular formula is C24H31Cl3O5. The van der Waals surface area contributed by atoms with Crippen molar-refractivity contribution in [2.45, 2.75) is 51.4 Å². The van der Waals surface area contributed by atoms with Crippen LogP contribution in [0.15, 0.2) is 36.4 Å². The monoisotopic (exact) mass is 504 g/mol. The van der Waals surface area contributed by atoms with Crippen molar-refractivity contribution in [1.29, 1.82) is 0 Å². The van der Waals surface area contributed by atoms with Gasteiger partial charge in [0.15, 0.2) is 5.75 Å². The van der Waals surface area contributed by atoms with E-state index in [2.05, 4.69) is 13.8 Å². The molecule has 2 rings (SSSR count). The van der Waals surface area contributed by atoms with Crippen molar-refractivity contribution in [1.82, 2.24) is 0 Å². The summed E-state index contributed by atoms with van der Waals surface area (Å²) >= 11 is 18.4. The largest absolute Gasteiger partial charge is 0.491 e. The Morgan fingerprint density at radius 3 is 1.94 bits per heavy atom. The lowest BCUT2D eigenvalue weighted by Gasteiger charge is -2.27. The molecule has 32 heavy (non-hydrogen) atoms. The number of alkyl halides is 1. The Bertz CT molecular complexity index is 832. The smallest absolute Gasteiger partial charge is 0.156 e. The van der Waals surface area contributed by atoms with Crippen LogP contribution in [0, 0.1) is 0 Å². The minimum absolute atomic E-state index is 0.00539. The molecule has 0 fully saturated rings. The van der Waals surface area contributed by atoms with Crippen LogP contribution in [0.1, 0.15) is 38.8 Å². The Morgan fingerprint density at radius 1 is 0.844 bits per heavy atom. The Kier molecular flexibility index (Phi) is 10.4. The van der Waals surface area contributed by atoms with Crippen LogP contribution in [0.2, 0.25) is 10.0 Å². The van der Waals surface area contributed by atoms with Gasteiger partial charge in [-0.25, -0.2) is 0 Å². The molecule has 8 heteroatoms. The molecule has 0 spiro atoms. The van der Waals surface area contributed by atoms with Crippen LogP contribution in [0.5, 0.6) is 11.5 Å². The first-order chi connectivity index (χ1) is 15.0. The van der Waals surface area contributed by atoms with Crippen molar-refractivity contribution in [3.05, 3.63) is 57.6 Å². The summed E-state index contributed by atoms with van der Waals surface area (Å²) in [5.74, 6) is 1.04. The van der Waals surface area contributed by atoms with Gasteiger partial charge in [-0.15, -0.1) is 11.6 Å². The summed E-state index contributed by atoms with van der Waals surface area (Å²) in [5, 5.41) is 20.3. The van der Waals surface area contributed by atoms with Crippen LogP contribution in [-0.2, 0) is 10.2 Å². The second-order valence-corrected chi connectivity index (χ2v) is 9.51. The molecule has 0 heterocycles. The number of rotatable bonds is 12. The minimum atomic E-state index is -0.801. The lowest BCUT2D eigenvalue weighted by molar-refractivity contribution is -0.0122. The minimum Gasteiger partial charge on any atom is -0.491 e. The van der Waals surface area contributed by atoms with Crippen LogP contribution in [0.3, 0.4) is 0 Å². The predicted molar refractivity (Wildman–Crippen MR) is 130 cm³/mol. The molecule has 2 unspecified atom stereocenters. The molecule has 0 saturated carbocycles. The summed E-state index contributed by atoms with van der Waals surface area (Å²) < 4.78 is 16.6. The molecule has 2 aromatic rings. The highest BCUT2D eigenvalue weighted by Gasteiger charge is 2.26. The van der Waals surface area contributed by atoms with Crippen molar-refractivity contribution in [3.8, 4) is 11.5 Å². The second kappa shape index (κ2) is 12.3. The molecular weight excluding hydrogens is 475 g/mol. The standard InChI is InChI=1S/C24H31Cl3O5/c1-15(2)30-13-19(29)14-31-20-7-5-16(6-8-20)24(3,4)17-9-21(26)23(22(27)10-17)32-12-18(28)11-25/h5-10,15,18-19,28-29H,11-14H2,1-4H3. The average molecular weight is 506 g/mol. The van der Waals surface area contributed by atoms with E-state index in [0.29, 0.717) is 21.5 Å². The van der Waals surface area contributed by atoms with E-state index in [4.69, 9.17) is 49.0 Å². The van der Waals surface area contributed by atoms with Gasteiger partial charge in [0, 0.05) is 5.41 Å². The van der Waals surface area contributed by atoms with Gasteiger partial charge in [0.05, 0.1) is 28.6 Å².